The van der Waals surface area contributed by atoms with Crippen LogP contribution in [0.25, 0.3) is 0 Å². The van der Waals surface area contributed by atoms with Crippen molar-refractivity contribution in [2.75, 3.05) is 0 Å². The summed E-state index contributed by atoms with van der Waals surface area (Å²) in [6.45, 7) is 5.44. The second kappa shape index (κ2) is 5.20. The highest BCUT2D eigenvalue weighted by Gasteiger charge is 2.16. The molecule has 0 N–H and O–H groups in total. The quantitative estimate of drug-likeness (QED) is 0.759. The van der Waals surface area contributed by atoms with Gasteiger partial charge in [-0.25, -0.2) is 0 Å². The average Bonchev–Trinajstić information content (AvgIpc) is 2.18. The molecule has 3 nitrogen and oxygen atoms in total. The molecule has 0 unspecified atom stereocenters. The molecule has 17 heavy (non-hydrogen) atoms. The number of halogens is 1. The molecule has 1 rings (SSSR count). The molecule has 0 atom stereocenters. The fourth-order valence-corrected chi connectivity index (χ4v) is 1.47. The van der Waals surface area contributed by atoms with Crippen molar-refractivity contribution in [3.05, 3.63) is 34.3 Å². The number of rotatable bonds is 2. The van der Waals surface area contributed by atoms with E-state index in [9.17, 15) is 4.79 Å². The first-order chi connectivity index (χ1) is 7.81. The number of nitriles is 1. The molecular weight excluding hydrogens is 238 g/mol. The number of hydrogen-bond acceptors (Lipinski definition) is 3. The Morgan fingerprint density at radius 1 is 1.47 bits per heavy atom. The van der Waals surface area contributed by atoms with Gasteiger partial charge in [0.25, 0.3) is 0 Å². The van der Waals surface area contributed by atoms with Crippen LogP contribution in [0.1, 0.15) is 31.9 Å². The van der Waals surface area contributed by atoms with Gasteiger partial charge in [-0.15, -0.1) is 0 Å². The first-order valence-corrected chi connectivity index (χ1v) is 5.60. The number of carbonyl (C=O) groups is 1. The van der Waals surface area contributed by atoms with Gasteiger partial charge in [0.15, 0.2) is 0 Å². The molecule has 0 aliphatic rings. The summed E-state index contributed by atoms with van der Waals surface area (Å²) in [7, 11) is 0. The van der Waals surface area contributed by atoms with Gasteiger partial charge in [0, 0.05) is 0 Å². The van der Waals surface area contributed by atoms with Crippen LogP contribution >= 0.6 is 11.6 Å². The summed E-state index contributed by atoms with van der Waals surface area (Å²) >= 11 is 5.80. The van der Waals surface area contributed by atoms with Crippen molar-refractivity contribution < 1.29 is 9.53 Å². The van der Waals surface area contributed by atoms with E-state index < -0.39 is 5.60 Å². The Hall–Kier alpha value is -1.53. The number of carbonyl (C=O) groups excluding carboxylic acids is 1. The van der Waals surface area contributed by atoms with Crippen LogP contribution < -0.4 is 0 Å². The molecule has 4 heteroatoms. The van der Waals surface area contributed by atoms with Crippen LogP contribution in [0.15, 0.2) is 18.2 Å². The van der Waals surface area contributed by atoms with Crippen molar-refractivity contribution in [2.24, 2.45) is 0 Å². The van der Waals surface area contributed by atoms with E-state index in [0.717, 1.165) is 5.56 Å². The maximum absolute atomic E-state index is 11.6. The molecule has 0 bridgehead atoms. The predicted octanol–water partition coefficient (Wildman–Crippen LogP) is 3.10. The third-order valence-corrected chi connectivity index (χ3v) is 2.25. The third kappa shape index (κ3) is 4.46. The van der Waals surface area contributed by atoms with Gasteiger partial charge in [0.1, 0.15) is 11.7 Å². The Labute approximate surface area is 106 Å². The molecule has 0 heterocycles. The standard InChI is InChI=1S/C13H14ClNO2/c1-13(2,3)17-12(16)7-9-4-5-11(14)10(6-9)8-15/h4-6H,7H2,1-3H3. The van der Waals surface area contributed by atoms with Gasteiger partial charge >= 0.3 is 5.97 Å². The SMILES string of the molecule is CC(C)(C)OC(=O)Cc1ccc(Cl)c(C#N)c1. The summed E-state index contributed by atoms with van der Waals surface area (Å²) in [5.41, 5.74) is 0.592. The zero-order valence-electron chi connectivity index (χ0n) is 10.1. The maximum Gasteiger partial charge on any atom is 0.310 e. The molecule has 90 valence electrons. The van der Waals surface area contributed by atoms with E-state index in [1.807, 2.05) is 26.8 Å². The lowest BCUT2D eigenvalue weighted by Crippen LogP contribution is -2.24. The average molecular weight is 252 g/mol. The molecule has 0 amide bonds. The van der Waals surface area contributed by atoms with Crippen LogP contribution in [0.4, 0.5) is 0 Å². The summed E-state index contributed by atoms with van der Waals surface area (Å²) in [6.07, 6.45) is 0.142. The summed E-state index contributed by atoms with van der Waals surface area (Å²) in [4.78, 5) is 11.6. The number of ether oxygens (including phenoxy) is 1. The topological polar surface area (TPSA) is 50.1 Å². The summed E-state index contributed by atoms with van der Waals surface area (Å²) in [5, 5.41) is 9.20. The first kappa shape index (κ1) is 13.5. The van der Waals surface area contributed by atoms with Gasteiger partial charge in [0.2, 0.25) is 0 Å². The van der Waals surface area contributed by atoms with E-state index in [2.05, 4.69) is 0 Å². The van der Waals surface area contributed by atoms with Gasteiger partial charge in [-0.1, -0.05) is 17.7 Å². The number of benzene rings is 1. The fourth-order valence-electron chi connectivity index (χ4n) is 1.31. The summed E-state index contributed by atoms with van der Waals surface area (Å²) < 4.78 is 5.19. The Kier molecular flexibility index (Phi) is 4.14. The normalized spacial score (nSPS) is 10.8. The van der Waals surface area contributed by atoms with Crippen LogP contribution in [0, 0.1) is 11.3 Å². The second-order valence-corrected chi connectivity index (χ2v) is 5.10. The Morgan fingerprint density at radius 3 is 2.65 bits per heavy atom. The summed E-state index contributed by atoms with van der Waals surface area (Å²) in [5.74, 6) is -0.316. The van der Waals surface area contributed by atoms with Crippen molar-refractivity contribution in [3.8, 4) is 6.07 Å². The smallest absolute Gasteiger partial charge is 0.310 e. The fraction of sp³-hybridized carbons (Fsp3) is 0.385. The predicted molar refractivity (Wildman–Crippen MR) is 65.7 cm³/mol. The minimum Gasteiger partial charge on any atom is -0.460 e. The highest BCUT2D eigenvalue weighted by molar-refractivity contribution is 6.31. The van der Waals surface area contributed by atoms with Crippen molar-refractivity contribution >= 4 is 17.6 Å². The highest BCUT2D eigenvalue weighted by Crippen LogP contribution is 2.18. The molecular formula is C13H14ClNO2. The van der Waals surface area contributed by atoms with E-state index >= 15 is 0 Å². The van der Waals surface area contributed by atoms with E-state index in [1.54, 1.807) is 18.2 Å². The van der Waals surface area contributed by atoms with E-state index in [-0.39, 0.29) is 12.4 Å². The van der Waals surface area contributed by atoms with Crippen molar-refractivity contribution in [1.29, 1.82) is 5.26 Å². The van der Waals surface area contributed by atoms with Crippen LogP contribution in [-0.2, 0) is 16.0 Å². The molecule has 0 radical (unpaired) electrons. The molecule has 0 aromatic heterocycles. The molecule has 1 aromatic rings. The second-order valence-electron chi connectivity index (χ2n) is 4.69. The van der Waals surface area contributed by atoms with E-state index in [1.165, 1.54) is 0 Å². The number of esters is 1. The zero-order chi connectivity index (χ0) is 13.1. The molecule has 0 fully saturated rings. The Bertz CT molecular complexity index is 469. The highest BCUT2D eigenvalue weighted by atomic mass is 35.5. The van der Waals surface area contributed by atoms with Gasteiger partial charge < -0.3 is 4.74 Å². The Balaban J connectivity index is 2.77. The van der Waals surface area contributed by atoms with Gasteiger partial charge in [-0.3, -0.25) is 4.79 Å². The van der Waals surface area contributed by atoms with Gasteiger partial charge in [-0.2, -0.15) is 5.26 Å². The third-order valence-electron chi connectivity index (χ3n) is 1.92. The zero-order valence-corrected chi connectivity index (χ0v) is 10.8. The van der Waals surface area contributed by atoms with E-state index in [0.29, 0.717) is 10.6 Å². The van der Waals surface area contributed by atoms with Crippen molar-refractivity contribution in [1.82, 2.24) is 0 Å². The summed E-state index contributed by atoms with van der Waals surface area (Å²) in [6, 6.07) is 6.90. The van der Waals surface area contributed by atoms with E-state index in [4.69, 9.17) is 21.6 Å². The maximum atomic E-state index is 11.6. The molecule has 0 aliphatic heterocycles. The monoisotopic (exact) mass is 251 g/mol. The lowest BCUT2D eigenvalue weighted by molar-refractivity contribution is -0.153. The molecule has 0 spiro atoms. The molecule has 0 saturated heterocycles. The number of hydrogen-bond donors (Lipinski definition) is 0. The van der Waals surface area contributed by atoms with Gasteiger partial charge in [0.05, 0.1) is 17.0 Å². The molecule has 0 aliphatic carbocycles. The largest absolute Gasteiger partial charge is 0.460 e. The lowest BCUT2D eigenvalue weighted by atomic mass is 10.1. The van der Waals surface area contributed by atoms with Crippen molar-refractivity contribution in [2.45, 2.75) is 32.8 Å². The minimum absolute atomic E-state index is 0.142. The lowest BCUT2D eigenvalue weighted by Gasteiger charge is -2.19. The molecule has 0 saturated carbocycles. The van der Waals surface area contributed by atoms with Gasteiger partial charge in [-0.05, 0) is 38.5 Å². The molecule has 1 aromatic carbocycles. The van der Waals surface area contributed by atoms with Crippen LogP contribution in [0.5, 0.6) is 0 Å². The number of nitrogens with zero attached hydrogens (tertiary/aromatic N) is 1. The van der Waals surface area contributed by atoms with Crippen LogP contribution in [0.2, 0.25) is 5.02 Å². The van der Waals surface area contributed by atoms with Crippen LogP contribution in [0.3, 0.4) is 0 Å². The first-order valence-electron chi connectivity index (χ1n) is 5.22. The van der Waals surface area contributed by atoms with Crippen LogP contribution in [-0.4, -0.2) is 11.6 Å². The minimum atomic E-state index is -0.498. The van der Waals surface area contributed by atoms with Crippen molar-refractivity contribution in [3.63, 3.8) is 0 Å². The Morgan fingerprint density at radius 2 is 2.12 bits per heavy atom.